The van der Waals surface area contributed by atoms with Crippen molar-refractivity contribution in [2.45, 2.75) is 18.5 Å². The smallest absolute Gasteiger partial charge is 0.243 e. The number of carbonyl (C=O) groups excluding carboxylic acids is 2. The predicted octanol–water partition coefficient (Wildman–Crippen LogP) is 0.721. The molecule has 140 valence electrons. The van der Waals surface area contributed by atoms with Crippen molar-refractivity contribution in [3.8, 4) is 11.3 Å². The molecule has 8 heteroatoms. The minimum absolute atomic E-state index is 0.0421. The van der Waals surface area contributed by atoms with Crippen LogP contribution in [0.2, 0.25) is 0 Å². The number of benzene rings is 1. The summed E-state index contributed by atoms with van der Waals surface area (Å²) in [7, 11) is 4.00. The lowest BCUT2D eigenvalue weighted by Crippen LogP contribution is -2.55. The van der Waals surface area contributed by atoms with E-state index < -0.39 is 6.04 Å². The Bertz CT molecular complexity index is 843. The van der Waals surface area contributed by atoms with Crippen molar-refractivity contribution in [2.24, 2.45) is 0 Å². The van der Waals surface area contributed by atoms with Gasteiger partial charge in [-0.05, 0) is 24.6 Å². The van der Waals surface area contributed by atoms with Crippen molar-refractivity contribution < 1.29 is 9.59 Å². The fourth-order valence-electron chi connectivity index (χ4n) is 3.55. The maximum atomic E-state index is 12.0. The number of fused-ring (bicyclic) bond motifs is 1. The number of carbonyl (C=O) groups is 2. The van der Waals surface area contributed by atoms with E-state index in [1.807, 2.05) is 49.3 Å². The minimum Gasteiger partial charge on any atom is -0.378 e. The van der Waals surface area contributed by atoms with Gasteiger partial charge in [0.05, 0.1) is 12.2 Å². The van der Waals surface area contributed by atoms with Crippen LogP contribution in [0.1, 0.15) is 6.42 Å². The van der Waals surface area contributed by atoms with Crippen LogP contribution >= 0.6 is 0 Å². The Kier molecular flexibility index (Phi) is 4.39. The molecule has 0 unspecified atom stereocenters. The molecule has 1 aromatic carbocycles. The number of hydrogen-bond donors (Lipinski definition) is 2. The van der Waals surface area contributed by atoms with Gasteiger partial charge < -0.3 is 20.4 Å². The molecule has 2 aromatic rings. The van der Waals surface area contributed by atoms with Gasteiger partial charge in [-0.3, -0.25) is 9.59 Å². The summed E-state index contributed by atoms with van der Waals surface area (Å²) in [6.07, 6.45) is 2.27. The van der Waals surface area contributed by atoms with E-state index in [2.05, 4.69) is 20.6 Å². The van der Waals surface area contributed by atoms with Crippen LogP contribution in [-0.4, -0.2) is 66.0 Å². The topological polar surface area (TPSA) is 90.5 Å². The first kappa shape index (κ1) is 17.3. The van der Waals surface area contributed by atoms with Crippen LogP contribution in [0.5, 0.6) is 0 Å². The molecule has 0 bridgehead atoms. The summed E-state index contributed by atoms with van der Waals surface area (Å²) in [4.78, 5) is 36.5. The third kappa shape index (κ3) is 3.42. The Balaban J connectivity index is 1.48. The summed E-state index contributed by atoms with van der Waals surface area (Å²) in [6.45, 7) is 0.568. The van der Waals surface area contributed by atoms with Gasteiger partial charge in [-0.1, -0.05) is 12.1 Å². The summed E-state index contributed by atoms with van der Waals surface area (Å²) in [6, 6.07) is 9.57. The van der Waals surface area contributed by atoms with Crippen molar-refractivity contribution in [2.75, 3.05) is 37.4 Å². The van der Waals surface area contributed by atoms with Crippen LogP contribution in [0.25, 0.3) is 11.3 Å². The standard InChI is InChI=1S/C19H22N6O2/c1-24(2)14-5-3-12(4-6-14)15-7-8-20-19(23-15)22-13-9-16-18(27)21-10-17(26)25(16)11-13/h3-8,13,16H,9-11H2,1-2H3,(H,21,27)(H,20,22,23)/t13-,16-/m0/s1. The summed E-state index contributed by atoms with van der Waals surface area (Å²) in [5, 5.41) is 5.91. The van der Waals surface area contributed by atoms with Crippen LogP contribution in [0.15, 0.2) is 36.5 Å². The molecule has 2 atom stereocenters. The number of piperazine rings is 1. The molecule has 3 heterocycles. The van der Waals surface area contributed by atoms with Gasteiger partial charge in [-0.25, -0.2) is 9.97 Å². The van der Waals surface area contributed by atoms with E-state index in [1.165, 1.54) is 0 Å². The largest absolute Gasteiger partial charge is 0.378 e. The van der Waals surface area contributed by atoms with Gasteiger partial charge >= 0.3 is 0 Å². The normalized spacial score (nSPS) is 21.6. The number of nitrogens with zero attached hydrogens (tertiary/aromatic N) is 4. The van der Waals surface area contributed by atoms with Gasteiger partial charge in [-0.15, -0.1) is 0 Å². The summed E-state index contributed by atoms with van der Waals surface area (Å²) in [5.41, 5.74) is 2.95. The van der Waals surface area contributed by atoms with Gasteiger partial charge in [0, 0.05) is 44.1 Å². The summed E-state index contributed by atoms with van der Waals surface area (Å²) < 4.78 is 0. The van der Waals surface area contributed by atoms with Gasteiger partial charge in [0.25, 0.3) is 0 Å². The second kappa shape index (κ2) is 6.86. The molecule has 0 spiro atoms. The molecular formula is C19H22N6O2. The van der Waals surface area contributed by atoms with Crippen LogP contribution < -0.4 is 15.5 Å². The summed E-state index contributed by atoms with van der Waals surface area (Å²) >= 11 is 0. The molecule has 2 aliphatic heterocycles. The van der Waals surface area contributed by atoms with Crippen LogP contribution in [0, 0.1) is 0 Å². The molecular weight excluding hydrogens is 344 g/mol. The van der Waals surface area contributed by atoms with Crippen molar-refractivity contribution in [1.29, 1.82) is 0 Å². The SMILES string of the molecule is CN(C)c1ccc(-c2ccnc(N[C@H]3C[C@H]4C(=O)NCC(=O)N4C3)n2)cc1. The molecule has 0 radical (unpaired) electrons. The number of hydrogen-bond acceptors (Lipinski definition) is 6. The van der Waals surface area contributed by atoms with Crippen LogP contribution in [0.4, 0.5) is 11.6 Å². The maximum absolute atomic E-state index is 12.0. The monoisotopic (exact) mass is 366 g/mol. The molecule has 0 aliphatic carbocycles. The molecule has 2 N–H and O–H groups in total. The fourth-order valence-corrected chi connectivity index (χ4v) is 3.55. The number of rotatable bonds is 4. The Morgan fingerprint density at radius 2 is 1.96 bits per heavy atom. The first-order valence-electron chi connectivity index (χ1n) is 8.96. The van der Waals surface area contributed by atoms with Crippen LogP contribution in [-0.2, 0) is 9.59 Å². The van der Waals surface area contributed by atoms with E-state index in [0.29, 0.717) is 18.9 Å². The van der Waals surface area contributed by atoms with Crippen LogP contribution in [0.3, 0.4) is 0 Å². The Morgan fingerprint density at radius 1 is 1.19 bits per heavy atom. The Labute approximate surface area is 157 Å². The third-order valence-electron chi connectivity index (χ3n) is 5.01. The zero-order chi connectivity index (χ0) is 19.0. The Hall–Kier alpha value is -3.16. The fraction of sp³-hybridized carbons (Fsp3) is 0.368. The highest BCUT2D eigenvalue weighted by atomic mass is 16.2. The van der Waals surface area contributed by atoms with E-state index in [4.69, 9.17) is 0 Å². The highest BCUT2D eigenvalue weighted by Crippen LogP contribution is 2.24. The highest BCUT2D eigenvalue weighted by molar-refractivity contribution is 5.95. The first-order chi connectivity index (χ1) is 13.0. The average molecular weight is 366 g/mol. The molecule has 4 rings (SSSR count). The number of anilines is 2. The third-order valence-corrected chi connectivity index (χ3v) is 5.01. The number of nitrogens with one attached hydrogen (secondary N) is 2. The molecule has 1 aromatic heterocycles. The lowest BCUT2D eigenvalue weighted by Gasteiger charge is -2.28. The maximum Gasteiger partial charge on any atom is 0.243 e. The van der Waals surface area contributed by atoms with Gasteiger partial charge in [0.15, 0.2) is 0 Å². The number of aromatic nitrogens is 2. The molecule has 2 aliphatic rings. The van der Waals surface area contributed by atoms with Crippen molar-refractivity contribution in [3.63, 3.8) is 0 Å². The van der Waals surface area contributed by atoms with Gasteiger partial charge in [0.1, 0.15) is 6.04 Å². The second-order valence-corrected chi connectivity index (χ2v) is 7.06. The lowest BCUT2D eigenvalue weighted by molar-refractivity contribution is -0.143. The summed E-state index contributed by atoms with van der Waals surface area (Å²) in [5.74, 6) is 0.371. The Morgan fingerprint density at radius 3 is 2.67 bits per heavy atom. The average Bonchev–Trinajstić information content (AvgIpc) is 3.10. The van der Waals surface area contributed by atoms with E-state index in [0.717, 1.165) is 16.9 Å². The second-order valence-electron chi connectivity index (χ2n) is 7.06. The van der Waals surface area contributed by atoms with E-state index in [1.54, 1.807) is 11.1 Å². The molecule has 27 heavy (non-hydrogen) atoms. The van der Waals surface area contributed by atoms with E-state index in [-0.39, 0.29) is 24.4 Å². The molecule has 8 nitrogen and oxygen atoms in total. The quantitative estimate of drug-likeness (QED) is 0.829. The van der Waals surface area contributed by atoms with E-state index in [9.17, 15) is 9.59 Å². The minimum atomic E-state index is -0.398. The molecule has 2 fully saturated rings. The van der Waals surface area contributed by atoms with Crippen molar-refractivity contribution in [3.05, 3.63) is 36.5 Å². The van der Waals surface area contributed by atoms with Gasteiger partial charge in [-0.2, -0.15) is 0 Å². The lowest BCUT2D eigenvalue weighted by atomic mass is 10.1. The highest BCUT2D eigenvalue weighted by Gasteiger charge is 2.42. The predicted molar refractivity (Wildman–Crippen MR) is 102 cm³/mol. The van der Waals surface area contributed by atoms with Gasteiger partial charge in [0.2, 0.25) is 17.8 Å². The molecule has 2 amide bonds. The number of amides is 2. The molecule has 2 saturated heterocycles. The van der Waals surface area contributed by atoms with E-state index >= 15 is 0 Å². The zero-order valence-electron chi connectivity index (χ0n) is 15.3. The van der Waals surface area contributed by atoms with Crippen molar-refractivity contribution in [1.82, 2.24) is 20.2 Å². The first-order valence-corrected chi connectivity index (χ1v) is 8.96. The zero-order valence-corrected chi connectivity index (χ0v) is 15.3. The van der Waals surface area contributed by atoms with Crippen molar-refractivity contribution >= 4 is 23.5 Å². The molecule has 0 saturated carbocycles.